The van der Waals surface area contributed by atoms with Crippen molar-refractivity contribution in [2.45, 2.75) is 32.6 Å². The van der Waals surface area contributed by atoms with Gasteiger partial charge in [-0.05, 0) is 49.8 Å². The van der Waals surface area contributed by atoms with Crippen LogP contribution in [-0.4, -0.2) is 55.2 Å². The van der Waals surface area contributed by atoms with Crippen LogP contribution in [0.4, 0.5) is 0 Å². The van der Waals surface area contributed by atoms with Crippen LogP contribution < -0.4 is 15.8 Å². The number of nitrogens with two attached hydrogens (primary N) is 1. The van der Waals surface area contributed by atoms with Gasteiger partial charge in [0.05, 0.1) is 7.11 Å². The van der Waals surface area contributed by atoms with Gasteiger partial charge in [0, 0.05) is 32.6 Å². The first kappa shape index (κ1) is 23.3. The lowest BCUT2D eigenvalue weighted by molar-refractivity contribution is -0.119. The lowest BCUT2D eigenvalue weighted by Gasteiger charge is -2.34. The van der Waals surface area contributed by atoms with Crippen molar-refractivity contribution < 1.29 is 14.6 Å². The van der Waals surface area contributed by atoms with E-state index in [1.54, 1.807) is 13.2 Å². The fourth-order valence-electron chi connectivity index (χ4n) is 3.30. The van der Waals surface area contributed by atoms with E-state index >= 15 is 0 Å². The van der Waals surface area contributed by atoms with Crippen molar-refractivity contribution in [3.05, 3.63) is 23.8 Å². The van der Waals surface area contributed by atoms with Crippen LogP contribution in [0.15, 0.2) is 23.2 Å². The van der Waals surface area contributed by atoms with E-state index in [9.17, 15) is 9.90 Å². The van der Waals surface area contributed by atoms with E-state index in [0.29, 0.717) is 24.6 Å². The molecule has 1 amide bonds. The number of halogens is 1. The highest BCUT2D eigenvalue weighted by molar-refractivity contribution is 14.0. The van der Waals surface area contributed by atoms with Crippen molar-refractivity contribution >= 4 is 35.8 Å². The number of piperidine rings is 1. The fourth-order valence-corrected chi connectivity index (χ4v) is 3.30. The van der Waals surface area contributed by atoms with Crippen molar-refractivity contribution in [2.24, 2.45) is 16.6 Å². The number of ether oxygens (including phenoxy) is 1. The summed E-state index contributed by atoms with van der Waals surface area (Å²) in [5.74, 6) is 1.56. The molecule has 4 N–H and O–H groups in total. The zero-order valence-corrected chi connectivity index (χ0v) is 18.4. The van der Waals surface area contributed by atoms with Crippen molar-refractivity contribution in [1.82, 2.24) is 10.2 Å². The maximum Gasteiger partial charge on any atom is 0.217 e. The van der Waals surface area contributed by atoms with Crippen molar-refractivity contribution in [1.29, 1.82) is 0 Å². The van der Waals surface area contributed by atoms with Crippen LogP contribution in [0, 0.1) is 5.92 Å². The number of aliphatic imine (C=N–C) groups is 1. The van der Waals surface area contributed by atoms with E-state index in [0.717, 1.165) is 50.4 Å². The van der Waals surface area contributed by atoms with Crippen LogP contribution in [0.2, 0.25) is 0 Å². The zero-order chi connectivity index (χ0) is 18.9. The van der Waals surface area contributed by atoms with Crippen LogP contribution in [0.25, 0.3) is 0 Å². The van der Waals surface area contributed by atoms with E-state index in [2.05, 4.69) is 10.2 Å². The summed E-state index contributed by atoms with van der Waals surface area (Å²) in [5, 5.41) is 13.0. The zero-order valence-electron chi connectivity index (χ0n) is 16.1. The molecule has 8 heteroatoms. The van der Waals surface area contributed by atoms with Gasteiger partial charge < -0.3 is 25.8 Å². The number of rotatable bonds is 7. The molecule has 1 aliphatic rings. The largest absolute Gasteiger partial charge is 0.504 e. The minimum absolute atomic E-state index is 0. The molecule has 1 atom stereocenters. The Hall–Kier alpha value is -1.71. The first-order chi connectivity index (χ1) is 12.5. The van der Waals surface area contributed by atoms with Crippen LogP contribution in [0.5, 0.6) is 11.5 Å². The van der Waals surface area contributed by atoms with Gasteiger partial charge >= 0.3 is 0 Å². The highest BCUT2D eigenvalue weighted by Crippen LogP contribution is 2.26. The molecule has 1 aliphatic heterocycles. The second-order valence-electron chi connectivity index (χ2n) is 6.62. The highest BCUT2D eigenvalue weighted by Gasteiger charge is 2.23. The number of carbonyl (C=O) groups is 1. The molecule has 1 aromatic rings. The Kier molecular flexibility index (Phi) is 10.3. The third kappa shape index (κ3) is 7.43. The molecular formula is C19H31IN4O3. The predicted molar refractivity (Wildman–Crippen MR) is 118 cm³/mol. The number of aromatic hydroxyl groups is 1. The predicted octanol–water partition coefficient (Wildman–Crippen LogP) is 2.11. The first-order valence-electron chi connectivity index (χ1n) is 9.21. The molecule has 1 unspecified atom stereocenters. The minimum Gasteiger partial charge on any atom is -0.504 e. The summed E-state index contributed by atoms with van der Waals surface area (Å²) in [5.41, 5.74) is 6.41. The SMILES string of the molecule is CCNC(=NCCc1ccc(O)c(OC)c1)N1CCCC(CC(N)=O)C1.I. The van der Waals surface area contributed by atoms with Crippen molar-refractivity contribution in [3.8, 4) is 11.5 Å². The first-order valence-corrected chi connectivity index (χ1v) is 9.21. The lowest BCUT2D eigenvalue weighted by atomic mass is 9.95. The van der Waals surface area contributed by atoms with Gasteiger partial charge in [-0.25, -0.2) is 0 Å². The number of methoxy groups -OCH3 is 1. The van der Waals surface area contributed by atoms with Gasteiger partial charge in [0.15, 0.2) is 17.5 Å². The molecule has 0 radical (unpaired) electrons. The molecule has 0 aromatic heterocycles. The Morgan fingerprint density at radius 3 is 2.93 bits per heavy atom. The van der Waals surface area contributed by atoms with Crippen LogP contribution in [-0.2, 0) is 11.2 Å². The number of nitrogens with zero attached hydrogens (tertiary/aromatic N) is 2. The van der Waals surface area contributed by atoms with Gasteiger partial charge in [0.25, 0.3) is 0 Å². The molecule has 0 spiro atoms. The molecule has 1 heterocycles. The number of amides is 1. The van der Waals surface area contributed by atoms with E-state index in [4.69, 9.17) is 15.5 Å². The second-order valence-corrected chi connectivity index (χ2v) is 6.62. The monoisotopic (exact) mass is 490 g/mol. The summed E-state index contributed by atoms with van der Waals surface area (Å²) in [6.45, 7) is 5.22. The average molecular weight is 490 g/mol. The Morgan fingerprint density at radius 2 is 2.26 bits per heavy atom. The molecule has 152 valence electrons. The van der Waals surface area contributed by atoms with Crippen molar-refractivity contribution in [3.63, 3.8) is 0 Å². The van der Waals surface area contributed by atoms with Crippen LogP contribution in [0.1, 0.15) is 31.7 Å². The van der Waals surface area contributed by atoms with Gasteiger partial charge in [0.1, 0.15) is 0 Å². The van der Waals surface area contributed by atoms with Gasteiger partial charge in [-0.15, -0.1) is 24.0 Å². The number of hydrogen-bond acceptors (Lipinski definition) is 4. The summed E-state index contributed by atoms with van der Waals surface area (Å²) in [4.78, 5) is 18.2. The maximum atomic E-state index is 11.2. The Morgan fingerprint density at radius 1 is 1.48 bits per heavy atom. The quantitative estimate of drug-likeness (QED) is 0.309. The van der Waals surface area contributed by atoms with E-state index < -0.39 is 0 Å². The van der Waals surface area contributed by atoms with E-state index in [1.807, 2.05) is 19.1 Å². The summed E-state index contributed by atoms with van der Waals surface area (Å²) >= 11 is 0. The number of phenolic OH excluding ortho intramolecular Hbond substituents is 1. The second kappa shape index (κ2) is 11.9. The Balaban J connectivity index is 0.00000364. The number of nitrogens with one attached hydrogen (secondary N) is 1. The van der Waals surface area contributed by atoms with Gasteiger partial charge in [0.2, 0.25) is 5.91 Å². The summed E-state index contributed by atoms with van der Waals surface area (Å²) in [6.07, 6.45) is 3.26. The molecule has 7 nitrogen and oxygen atoms in total. The number of carbonyl (C=O) groups excluding carboxylic acids is 1. The molecule has 0 saturated carbocycles. The summed E-state index contributed by atoms with van der Waals surface area (Å²) in [7, 11) is 1.54. The number of hydrogen-bond donors (Lipinski definition) is 3. The topological polar surface area (TPSA) is 100 Å². The molecule has 0 aliphatic carbocycles. The number of benzene rings is 1. The maximum absolute atomic E-state index is 11.2. The normalized spacial score (nSPS) is 17.2. The summed E-state index contributed by atoms with van der Waals surface area (Å²) < 4.78 is 5.15. The third-order valence-corrected chi connectivity index (χ3v) is 4.55. The summed E-state index contributed by atoms with van der Waals surface area (Å²) in [6, 6.07) is 5.35. The standard InChI is InChI=1S/C19H30N4O3.HI/c1-3-21-19(23-10-4-5-15(13-23)12-18(20)25)22-9-8-14-6-7-16(24)17(11-14)26-2;/h6-7,11,15,24H,3-5,8-10,12-13H2,1-2H3,(H2,20,25)(H,21,22);1H. The lowest BCUT2D eigenvalue weighted by Crippen LogP contribution is -2.47. The number of guanidine groups is 1. The van der Waals surface area contributed by atoms with E-state index in [-0.39, 0.29) is 35.6 Å². The van der Waals surface area contributed by atoms with Crippen LogP contribution in [0.3, 0.4) is 0 Å². The van der Waals surface area contributed by atoms with E-state index in [1.165, 1.54) is 0 Å². The molecule has 1 aromatic carbocycles. The number of primary amides is 1. The molecule has 0 bridgehead atoms. The smallest absolute Gasteiger partial charge is 0.217 e. The molecule has 1 fully saturated rings. The third-order valence-electron chi connectivity index (χ3n) is 4.55. The molecule has 27 heavy (non-hydrogen) atoms. The highest BCUT2D eigenvalue weighted by atomic mass is 127. The average Bonchev–Trinajstić information content (AvgIpc) is 2.62. The number of phenols is 1. The molecular weight excluding hydrogens is 459 g/mol. The molecule has 1 saturated heterocycles. The van der Waals surface area contributed by atoms with Crippen LogP contribution >= 0.6 is 24.0 Å². The Labute approximate surface area is 178 Å². The van der Waals surface area contributed by atoms with Gasteiger partial charge in [-0.1, -0.05) is 6.07 Å². The number of likely N-dealkylation sites (tertiary alicyclic amines) is 1. The van der Waals surface area contributed by atoms with Gasteiger partial charge in [-0.2, -0.15) is 0 Å². The minimum atomic E-state index is -0.236. The van der Waals surface area contributed by atoms with Crippen molar-refractivity contribution in [2.75, 3.05) is 33.3 Å². The Bertz CT molecular complexity index is 639. The van der Waals surface area contributed by atoms with Gasteiger partial charge in [-0.3, -0.25) is 9.79 Å². The fraction of sp³-hybridized carbons (Fsp3) is 0.579. The molecule has 2 rings (SSSR count).